The SMILES string of the molecule is CCc1cc2c(=O)[nH]c(SCCF)nc2s1. The molecule has 0 atom stereocenters. The summed E-state index contributed by atoms with van der Waals surface area (Å²) in [4.78, 5) is 20.5. The second-order valence-electron chi connectivity index (χ2n) is 3.19. The van der Waals surface area contributed by atoms with Crippen LogP contribution in [0.15, 0.2) is 16.0 Å². The standard InChI is InChI=1S/C10H11FN2OS2/c1-2-6-5-7-8(14)12-10(15-4-3-11)13-9(7)16-6/h5H,2-4H2,1H3,(H,12,13,14). The number of aromatic amines is 1. The van der Waals surface area contributed by atoms with Gasteiger partial charge in [-0.05, 0) is 12.5 Å². The fraction of sp³-hybridized carbons (Fsp3) is 0.400. The number of aromatic nitrogens is 2. The lowest BCUT2D eigenvalue weighted by Crippen LogP contribution is -2.07. The van der Waals surface area contributed by atoms with Crippen molar-refractivity contribution in [3.8, 4) is 0 Å². The fourth-order valence-corrected chi connectivity index (χ4v) is 2.96. The lowest BCUT2D eigenvalue weighted by molar-refractivity contribution is 0.532. The molecule has 0 fully saturated rings. The van der Waals surface area contributed by atoms with E-state index in [4.69, 9.17) is 0 Å². The molecule has 0 aliphatic heterocycles. The summed E-state index contributed by atoms with van der Waals surface area (Å²) in [5.74, 6) is 0.320. The molecule has 2 aromatic rings. The third kappa shape index (κ3) is 2.27. The Hall–Kier alpha value is -0.880. The lowest BCUT2D eigenvalue weighted by atomic mass is 10.3. The first-order valence-corrected chi connectivity index (χ1v) is 6.76. The van der Waals surface area contributed by atoms with Gasteiger partial charge in [0.05, 0.1) is 12.1 Å². The average Bonchev–Trinajstić information content (AvgIpc) is 2.70. The minimum Gasteiger partial charge on any atom is -0.301 e. The summed E-state index contributed by atoms with van der Waals surface area (Å²) in [6, 6.07) is 1.87. The van der Waals surface area contributed by atoms with Crippen LogP contribution in [-0.2, 0) is 6.42 Å². The molecule has 0 aromatic carbocycles. The third-order valence-corrected chi connectivity index (χ3v) is 4.09. The fourth-order valence-electron chi connectivity index (χ4n) is 1.34. The van der Waals surface area contributed by atoms with Crippen LogP contribution in [0.3, 0.4) is 0 Å². The van der Waals surface area contributed by atoms with E-state index in [0.717, 1.165) is 16.1 Å². The van der Waals surface area contributed by atoms with Crippen molar-refractivity contribution in [3.05, 3.63) is 21.3 Å². The van der Waals surface area contributed by atoms with Crippen LogP contribution in [0.4, 0.5) is 4.39 Å². The summed E-state index contributed by atoms with van der Waals surface area (Å²) < 4.78 is 12.0. The molecule has 86 valence electrons. The quantitative estimate of drug-likeness (QED) is 0.677. The molecular formula is C10H11FN2OS2. The Morgan fingerprint density at radius 3 is 3.12 bits per heavy atom. The van der Waals surface area contributed by atoms with Gasteiger partial charge in [0, 0.05) is 10.6 Å². The molecule has 0 spiro atoms. The molecule has 0 unspecified atom stereocenters. The molecule has 2 rings (SSSR count). The highest BCUT2D eigenvalue weighted by atomic mass is 32.2. The molecule has 0 aliphatic carbocycles. The van der Waals surface area contributed by atoms with Crippen molar-refractivity contribution >= 4 is 33.3 Å². The van der Waals surface area contributed by atoms with E-state index >= 15 is 0 Å². The number of rotatable bonds is 4. The van der Waals surface area contributed by atoms with Crippen molar-refractivity contribution in [1.29, 1.82) is 0 Å². The first-order valence-electron chi connectivity index (χ1n) is 4.96. The Kier molecular flexibility index (Phi) is 3.60. The van der Waals surface area contributed by atoms with Gasteiger partial charge in [-0.15, -0.1) is 11.3 Å². The van der Waals surface area contributed by atoms with Gasteiger partial charge < -0.3 is 4.98 Å². The topological polar surface area (TPSA) is 45.8 Å². The molecule has 0 saturated heterocycles. The Labute approximate surface area is 100 Å². The predicted molar refractivity (Wildman–Crippen MR) is 66.3 cm³/mol. The summed E-state index contributed by atoms with van der Waals surface area (Å²) in [6.07, 6.45) is 0.896. The molecule has 3 nitrogen and oxygen atoms in total. The smallest absolute Gasteiger partial charge is 0.260 e. The average molecular weight is 258 g/mol. The number of fused-ring (bicyclic) bond motifs is 1. The van der Waals surface area contributed by atoms with Crippen LogP contribution in [0.25, 0.3) is 10.2 Å². The summed E-state index contributed by atoms with van der Waals surface area (Å²) in [7, 11) is 0. The zero-order valence-electron chi connectivity index (χ0n) is 8.75. The van der Waals surface area contributed by atoms with Gasteiger partial charge in [-0.1, -0.05) is 18.7 Å². The second kappa shape index (κ2) is 4.97. The highest BCUT2D eigenvalue weighted by Crippen LogP contribution is 2.23. The number of hydrogen-bond acceptors (Lipinski definition) is 4. The van der Waals surface area contributed by atoms with Crippen LogP contribution >= 0.6 is 23.1 Å². The van der Waals surface area contributed by atoms with Crippen LogP contribution in [-0.4, -0.2) is 22.4 Å². The maximum atomic E-state index is 12.0. The van der Waals surface area contributed by atoms with Crippen molar-refractivity contribution in [2.45, 2.75) is 18.5 Å². The normalized spacial score (nSPS) is 11.1. The Balaban J connectivity index is 2.45. The number of halogens is 1. The van der Waals surface area contributed by atoms with Crippen LogP contribution in [0, 0.1) is 0 Å². The number of thiophene rings is 1. The molecule has 1 N–H and O–H groups in total. The first kappa shape index (κ1) is 11.6. The van der Waals surface area contributed by atoms with Gasteiger partial charge in [-0.3, -0.25) is 9.18 Å². The van der Waals surface area contributed by atoms with E-state index in [-0.39, 0.29) is 5.56 Å². The molecule has 0 bridgehead atoms. The summed E-state index contributed by atoms with van der Waals surface area (Å²) in [5, 5.41) is 1.13. The van der Waals surface area contributed by atoms with Crippen LogP contribution in [0.5, 0.6) is 0 Å². The highest BCUT2D eigenvalue weighted by Gasteiger charge is 2.08. The van der Waals surface area contributed by atoms with Crippen molar-refractivity contribution in [3.63, 3.8) is 0 Å². The van der Waals surface area contributed by atoms with Gasteiger partial charge in [0.1, 0.15) is 4.83 Å². The van der Waals surface area contributed by atoms with Gasteiger partial charge in [-0.25, -0.2) is 4.98 Å². The minimum absolute atomic E-state index is 0.137. The molecule has 6 heteroatoms. The van der Waals surface area contributed by atoms with Crippen molar-refractivity contribution < 1.29 is 4.39 Å². The second-order valence-corrected chi connectivity index (χ2v) is 5.39. The number of nitrogens with zero attached hydrogens (tertiary/aromatic N) is 1. The molecule has 0 saturated carbocycles. The summed E-state index contributed by atoms with van der Waals surface area (Å²) in [6.45, 7) is 1.62. The predicted octanol–water partition coefficient (Wildman–Crippen LogP) is 2.61. The molecule has 16 heavy (non-hydrogen) atoms. The number of thioether (sulfide) groups is 1. The lowest BCUT2D eigenvalue weighted by Gasteiger charge is -1.97. The molecule has 0 radical (unpaired) electrons. The van der Waals surface area contributed by atoms with Gasteiger partial charge in [-0.2, -0.15) is 0 Å². The van der Waals surface area contributed by atoms with Crippen molar-refractivity contribution in [1.82, 2.24) is 9.97 Å². The van der Waals surface area contributed by atoms with Crippen LogP contribution in [0.2, 0.25) is 0 Å². The molecule has 0 amide bonds. The van der Waals surface area contributed by atoms with E-state index in [1.54, 1.807) is 0 Å². The van der Waals surface area contributed by atoms with E-state index in [9.17, 15) is 9.18 Å². The zero-order chi connectivity index (χ0) is 11.5. The largest absolute Gasteiger partial charge is 0.301 e. The van der Waals surface area contributed by atoms with Gasteiger partial charge >= 0.3 is 0 Å². The van der Waals surface area contributed by atoms with Gasteiger partial charge in [0.2, 0.25) is 0 Å². The van der Waals surface area contributed by atoms with Crippen molar-refractivity contribution in [2.75, 3.05) is 12.4 Å². The monoisotopic (exact) mass is 258 g/mol. The van der Waals surface area contributed by atoms with Crippen molar-refractivity contribution in [2.24, 2.45) is 0 Å². The number of alkyl halides is 1. The Morgan fingerprint density at radius 2 is 2.44 bits per heavy atom. The molecule has 0 aliphatic rings. The first-order chi connectivity index (χ1) is 7.74. The van der Waals surface area contributed by atoms with E-state index in [1.165, 1.54) is 23.1 Å². The van der Waals surface area contributed by atoms with Gasteiger partial charge in [0.15, 0.2) is 5.16 Å². The maximum Gasteiger partial charge on any atom is 0.260 e. The minimum atomic E-state index is -0.420. The molecule has 2 aromatic heterocycles. The summed E-state index contributed by atoms with van der Waals surface area (Å²) >= 11 is 2.75. The van der Waals surface area contributed by atoms with E-state index < -0.39 is 6.67 Å². The van der Waals surface area contributed by atoms with Crippen LogP contribution < -0.4 is 5.56 Å². The Bertz CT molecular complexity index is 549. The van der Waals surface area contributed by atoms with E-state index in [0.29, 0.717) is 16.3 Å². The highest BCUT2D eigenvalue weighted by molar-refractivity contribution is 7.99. The number of aryl methyl sites for hydroxylation is 1. The number of hydrogen-bond donors (Lipinski definition) is 1. The summed E-state index contributed by atoms with van der Waals surface area (Å²) in [5.41, 5.74) is -0.137. The number of H-pyrrole nitrogens is 1. The van der Waals surface area contributed by atoms with Gasteiger partial charge in [0.25, 0.3) is 5.56 Å². The maximum absolute atomic E-state index is 12.0. The zero-order valence-corrected chi connectivity index (χ0v) is 10.4. The molecular weight excluding hydrogens is 247 g/mol. The van der Waals surface area contributed by atoms with E-state index in [1.807, 2.05) is 13.0 Å². The van der Waals surface area contributed by atoms with E-state index in [2.05, 4.69) is 9.97 Å². The van der Waals surface area contributed by atoms with Crippen LogP contribution in [0.1, 0.15) is 11.8 Å². The third-order valence-electron chi connectivity index (χ3n) is 2.10. The number of nitrogens with one attached hydrogen (secondary N) is 1. The Morgan fingerprint density at radius 1 is 1.62 bits per heavy atom. The molecule has 2 heterocycles.